The number of methoxy groups -OCH3 is 2. The number of rotatable bonds is 5. The molecule has 2 N–H and O–H groups in total. The van der Waals surface area contributed by atoms with E-state index in [1.807, 2.05) is 47.4 Å². The highest BCUT2D eigenvalue weighted by atomic mass is 16.5. The molecular formula is C22H26N4O4. The maximum Gasteiger partial charge on any atom is 0.322 e. The highest BCUT2D eigenvalue weighted by Gasteiger charge is 2.32. The zero-order valence-electron chi connectivity index (χ0n) is 17.2. The summed E-state index contributed by atoms with van der Waals surface area (Å²) < 4.78 is 10.8. The summed E-state index contributed by atoms with van der Waals surface area (Å²) in [7, 11) is 3.24. The normalized spacial score (nSPS) is 18.3. The summed E-state index contributed by atoms with van der Waals surface area (Å²) >= 11 is 0. The molecule has 158 valence electrons. The van der Waals surface area contributed by atoms with E-state index in [9.17, 15) is 9.59 Å². The summed E-state index contributed by atoms with van der Waals surface area (Å²) in [5.74, 6) is 1.42. The van der Waals surface area contributed by atoms with E-state index in [0.29, 0.717) is 36.8 Å². The standard InChI is InChI=1S/C22H26N4O4/c1-29-17-8-9-18(20(14-17)30-2)19-7-4-11-26(19)22(28)24-15-5-3-6-16(13-15)25-12-10-23-21(25)27/h3,5-6,8-9,13-14,19H,4,7,10-12H2,1-2H3,(H,23,27)(H,24,28). The summed E-state index contributed by atoms with van der Waals surface area (Å²) in [6, 6.07) is 12.7. The van der Waals surface area contributed by atoms with Crippen LogP contribution in [0, 0.1) is 0 Å². The number of carbonyl (C=O) groups excluding carboxylic acids is 2. The molecule has 0 radical (unpaired) electrons. The molecule has 0 aliphatic carbocycles. The number of hydrogen-bond donors (Lipinski definition) is 2. The van der Waals surface area contributed by atoms with E-state index in [-0.39, 0.29) is 18.1 Å². The second-order valence-electron chi connectivity index (χ2n) is 7.32. The van der Waals surface area contributed by atoms with Crippen LogP contribution >= 0.6 is 0 Å². The molecule has 0 aromatic heterocycles. The minimum atomic E-state index is -0.168. The lowest BCUT2D eigenvalue weighted by Crippen LogP contribution is -2.34. The van der Waals surface area contributed by atoms with Crippen molar-refractivity contribution in [3.05, 3.63) is 48.0 Å². The minimum absolute atomic E-state index is 0.0709. The Morgan fingerprint density at radius 2 is 2.00 bits per heavy atom. The quantitative estimate of drug-likeness (QED) is 0.789. The van der Waals surface area contributed by atoms with Gasteiger partial charge in [0.05, 0.1) is 20.3 Å². The average Bonchev–Trinajstić information content (AvgIpc) is 3.42. The van der Waals surface area contributed by atoms with Crippen LogP contribution in [-0.2, 0) is 0 Å². The van der Waals surface area contributed by atoms with Crippen LogP contribution in [0.15, 0.2) is 42.5 Å². The molecule has 0 spiro atoms. The van der Waals surface area contributed by atoms with Crippen molar-refractivity contribution in [2.24, 2.45) is 0 Å². The van der Waals surface area contributed by atoms with Gasteiger partial charge in [-0.15, -0.1) is 0 Å². The predicted octanol–water partition coefficient (Wildman–Crippen LogP) is 3.60. The highest BCUT2D eigenvalue weighted by Crippen LogP contribution is 2.39. The van der Waals surface area contributed by atoms with Crippen molar-refractivity contribution >= 4 is 23.4 Å². The van der Waals surface area contributed by atoms with E-state index in [0.717, 1.165) is 24.1 Å². The van der Waals surface area contributed by atoms with Gasteiger partial charge in [0.25, 0.3) is 0 Å². The fourth-order valence-corrected chi connectivity index (χ4v) is 4.09. The number of nitrogens with zero attached hydrogens (tertiary/aromatic N) is 2. The Morgan fingerprint density at radius 1 is 1.13 bits per heavy atom. The van der Waals surface area contributed by atoms with Crippen LogP contribution in [0.5, 0.6) is 11.5 Å². The Bertz CT molecular complexity index is 948. The Morgan fingerprint density at radius 3 is 2.73 bits per heavy atom. The lowest BCUT2D eigenvalue weighted by molar-refractivity contribution is 0.206. The number of nitrogens with one attached hydrogen (secondary N) is 2. The number of likely N-dealkylation sites (tertiary alicyclic amines) is 1. The topological polar surface area (TPSA) is 83.1 Å². The Balaban J connectivity index is 1.52. The van der Waals surface area contributed by atoms with E-state index >= 15 is 0 Å². The maximum atomic E-state index is 13.1. The maximum absolute atomic E-state index is 13.1. The molecule has 1 atom stereocenters. The third-order valence-corrected chi connectivity index (χ3v) is 5.58. The van der Waals surface area contributed by atoms with Gasteiger partial charge in [0.1, 0.15) is 11.5 Å². The SMILES string of the molecule is COc1ccc(C2CCCN2C(=O)Nc2cccc(N3CCNC3=O)c2)c(OC)c1. The van der Waals surface area contributed by atoms with Gasteiger partial charge in [0.2, 0.25) is 0 Å². The van der Waals surface area contributed by atoms with Gasteiger partial charge >= 0.3 is 12.1 Å². The molecule has 2 aliphatic rings. The molecule has 8 nitrogen and oxygen atoms in total. The smallest absolute Gasteiger partial charge is 0.322 e. The second kappa shape index (κ2) is 8.52. The molecule has 0 saturated carbocycles. The van der Waals surface area contributed by atoms with Crippen molar-refractivity contribution in [3.8, 4) is 11.5 Å². The minimum Gasteiger partial charge on any atom is -0.497 e. The molecule has 2 aromatic rings. The summed E-state index contributed by atoms with van der Waals surface area (Å²) in [5.41, 5.74) is 2.38. The predicted molar refractivity (Wildman–Crippen MR) is 114 cm³/mol. The van der Waals surface area contributed by atoms with Crippen molar-refractivity contribution in [3.63, 3.8) is 0 Å². The summed E-state index contributed by atoms with van der Waals surface area (Å²) in [6.07, 6.45) is 1.78. The molecule has 8 heteroatoms. The molecule has 1 unspecified atom stereocenters. The van der Waals surface area contributed by atoms with Gasteiger partial charge in [-0.25, -0.2) is 9.59 Å². The van der Waals surface area contributed by atoms with Crippen molar-refractivity contribution in [2.75, 3.05) is 44.1 Å². The molecule has 2 heterocycles. The van der Waals surface area contributed by atoms with Gasteiger partial charge < -0.3 is 25.0 Å². The summed E-state index contributed by atoms with van der Waals surface area (Å²) in [4.78, 5) is 28.5. The van der Waals surface area contributed by atoms with Crippen LogP contribution in [0.4, 0.5) is 21.0 Å². The molecular weight excluding hydrogens is 384 g/mol. The third-order valence-electron chi connectivity index (χ3n) is 5.58. The van der Waals surface area contributed by atoms with Crippen LogP contribution in [0.1, 0.15) is 24.4 Å². The number of ether oxygens (including phenoxy) is 2. The van der Waals surface area contributed by atoms with Crippen LogP contribution in [-0.4, -0.2) is 50.8 Å². The van der Waals surface area contributed by atoms with Crippen LogP contribution < -0.4 is 25.0 Å². The lowest BCUT2D eigenvalue weighted by Gasteiger charge is -2.27. The molecule has 2 aromatic carbocycles. The first-order chi connectivity index (χ1) is 14.6. The Kier molecular flexibility index (Phi) is 5.65. The first kappa shape index (κ1) is 19.9. The number of amides is 4. The molecule has 30 heavy (non-hydrogen) atoms. The van der Waals surface area contributed by atoms with Gasteiger partial charge in [-0.2, -0.15) is 0 Å². The number of anilines is 2. The third kappa shape index (κ3) is 3.85. The van der Waals surface area contributed by atoms with Crippen molar-refractivity contribution in [1.82, 2.24) is 10.2 Å². The van der Waals surface area contributed by atoms with Gasteiger partial charge in [-0.3, -0.25) is 4.90 Å². The monoisotopic (exact) mass is 410 g/mol. The number of hydrogen-bond acceptors (Lipinski definition) is 4. The second-order valence-corrected chi connectivity index (χ2v) is 7.32. The highest BCUT2D eigenvalue weighted by molar-refractivity contribution is 5.96. The zero-order valence-corrected chi connectivity index (χ0v) is 17.2. The molecule has 2 fully saturated rings. The number of benzene rings is 2. The van der Waals surface area contributed by atoms with E-state index in [1.54, 1.807) is 19.1 Å². The summed E-state index contributed by atoms with van der Waals surface area (Å²) in [5, 5.41) is 5.77. The Labute approximate surface area is 175 Å². The number of carbonyl (C=O) groups is 2. The molecule has 2 aliphatic heterocycles. The van der Waals surface area contributed by atoms with E-state index in [4.69, 9.17) is 9.47 Å². The van der Waals surface area contributed by atoms with Crippen LogP contribution in [0.25, 0.3) is 0 Å². The van der Waals surface area contributed by atoms with Crippen molar-refractivity contribution < 1.29 is 19.1 Å². The number of urea groups is 2. The van der Waals surface area contributed by atoms with Crippen LogP contribution in [0.3, 0.4) is 0 Å². The summed E-state index contributed by atoms with van der Waals surface area (Å²) in [6.45, 7) is 1.90. The first-order valence-corrected chi connectivity index (χ1v) is 10.1. The van der Waals surface area contributed by atoms with Gasteiger partial charge in [-0.05, 0) is 43.2 Å². The molecule has 2 saturated heterocycles. The van der Waals surface area contributed by atoms with E-state index < -0.39 is 0 Å². The zero-order chi connectivity index (χ0) is 21.1. The molecule has 4 amide bonds. The molecule has 0 bridgehead atoms. The van der Waals surface area contributed by atoms with Gasteiger partial charge in [0, 0.05) is 42.6 Å². The first-order valence-electron chi connectivity index (χ1n) is 10.1. The fourth-order valence-electron chi connectivity index (χ4n) is 4.09. The van der Waals surface area contributed by atoms with Crippen molar-refractivity contribution in [2.45, 2.75) is 18.9 Å². The van der Waals surface area contributed by atoms with E-state index in [2.05, 4.69) is 10.6 Å². The average molecular weight is 410 g/mol. The fraction of sp³-hybridized carbons (Fsp3) is 0.364. The largest absolute Gasteiger partial charge is 0.497 e. The molecule has 4 rings (SSSR count). The van der Waals surface area contributed by atoms with Crippen LogP contribution in [0.2, 0.25) is 0 Å². The van der Waals surface area contributed by atoms with Gasteiger partial charge in [-0.1, -0.05) is 6.07 Å². The van der Waals surface area contributed by atoms with E-state index in [1.165, 1.54) is 0 Å². The lowest BCUT2D eigenvalue weighted by atomic mass is 10.0. The van der Waals surface area contributed by atoms with Crippen molar-refractivity contribution in [1.29, 1.82) is 0 Å². The Hall–Kier alpha value is -3.42. The van der Waals surface area contributed by atoms with Gasteiger partial charge in [0.15, 0.2) is 0 Å².